The van der Waals surface area contributed by atoms with Crippen LogP contribution in [0.3, 0.4) is 0 Å². The molecule has 1 N–H and O–H groups in total. The molecule has 0 atom stereocenters. The lowest BCUT2D eigenvalue weighted by molar-refractivity contribution is -0.156. The zero-order valence-corrected chi connectivity index (χ0v) is 27.1. The molecule has 2 aromatic heterocycles. The Labute approximate surface area is 272 Å². The van der Waals surface area contributed by atoms with Gasteiger partial charge in [0.05, 0.1) is 30.5 Å². The maximum Gasteiger partial charge on any atom is 0.337 e. The molecule has 3 heterocycles. The van der Waals surface area contributed by atoms with Crippen molar-refractivity contribution in [1.82, 2.24) is 19.0 Å². The summed E-state index contributed by atoms with van der Waals surface area (Å²) in [6.07, 6.45) is 3.64. The molecule has 0 bridgehead atoms. The molecule has 1 saturated carbocycles. The van der Waals surface area contributed by atoms with E-state index in [1.54, 1.807) is 18.2 Å². The summed E-state index contributed by atoms with van der Waals surface area (Å²) >= 11 is 0. The molecule has 2 aliphatic rings. The van der Waals surface area contributed by atoms with E-state index in [0.29, 0.717) is 51.1 Å². The fourth-order valence-electron chi connectivity index (χ4n) is 6.77. The van der Waals surface area contributed by atoms with Crippen molar-refractivity contribution < 1.29 is 23.8 Å². The molecule has 11 heteroatoms. The summed E-state index contributed by atoms with van der Waals surface area (Å²) < 4.78 is 28.1. The highest BCUT2D eigenvalue weighted by atomic mass is 19.1. The van der Waals surface area contributed by atoms with E-state index < -0.39 is 28.7 Å². The van der Waals surface area contributed by atoms with Crippen molar-refractivity contribution in [2.75, 3.05) is 26.3 Å². The van der Waals surface area contributed by atoms with Gasteiger partial charge in [-0.25, -0.2) is 18.7 Å². The van der Waals surface area contributed by atoms with Gasteiger partial charge in [-0.15, -0.1) is 0 Å². The summed E-state index contributed by atoms with van der Waals surface area (Å²) in [5.74, 6) is -0.672. The Bertz CT molecular complexity index is 1900. The fourth-order valence-corrected chi connectivity index (χ4v) is 6.77. The number of halogens is 1. The number of nitrogens with zero attached hydrogens (tertiary/aromatic N) is 4. The molecule has 10 nitrogen and oxygen atoms in total. The molecule has 2 fully saturated rings. The van der Waals surface area contributed by atoms with Crippen molar-refractivity contribution in [3.8, 4) is 22.6 Å². The number of aromatic nitrogens is 3. The molecule has 47 heavy (non-hydrogen) atoms. The second-order valence-electron chi connectivity index (χ2n) is 13.6. The largest absolute Gasteiger partial charge is 0.508 e. The number of morpholine rings is 1. The number of carbonyl (C=O) groups excluding carboxylic acids is 1. The number of hydrogen-bond donors (Lipinski definition) is 1. The predicted octanol–water partition coefficient (Wildman–Crippen LogP) is 5.35. The van der Waals surface area contributed by atoms with E-state index in [1.807, 2.05) is 45.0 Å². The van der Waals surface area contributed by atoms with Crippen molar-refractivity contribution >= 4 is 17.0 Å². The standard InChI is InChI=1S/C36H41FN4O6/c1-36(2,3)47-32(43)17-23-7-9-27(10-8-23)41-34(44)31-20-26(37)21-38-33(31)40(35(41)45)28-6-4-5-24(18-28)30-12-11-29(42)19-25(30)22-39-13-15-46-16-14-39/h4-6,11-12,18-21,23,27,42H,7-10,13-17,22H2,1-3H3. The van der Waals surface area contributed by atoms with Gasteiger partial charge in [0.25, 0.3) is 5.56 Å². The first-order valence-electron chi connectivity index (χ1n) is 16.2. The Morgan fingerprint density at radius 3 is 2.51 bits per heavy atom. The minimum Gasteiger partial charge on any atom is -0.508 e. The van der Waals surface area contributed by atoms with Crippen LogP contribution in [0.5, 0.6) is 5.75 Å². The van der Waals surface area contributed by atoms with Crippen LogP contribution in [0.2, 0.25) is 0 Å². The molecular formula is C36H41FN4O6. The minimum atomic E-state index is -0.669. The summed E-state index contributed by atoms with van der Waals surface area (Å²) in [5, 5.41) is 10.3. The number of esters is 1. The lowest BCUT2D eigenvalue weighted by atomic mass is 9.84. The molecule has 6 rings (SSSR count). The Morgan fingerprint density at radius 1 is 1.04 bits per heavy atom. The molecule has 0 amide bonds. The Kier molecular flexibility index (Phi) is 9.29. The molecule has 0 spiro atoms. The summed E-state index contributed by atoms with van der Waals surface area (Å²) in [6, 6.07) is 13.3. The van der Waals surface area contributed by atoms with Crippen LogP contribution >= 0.6 is 0 Å². The quantitative estimate of drug-likeness (QED) is 0.268. The molecule has 4 aromatic rings. The SMILES string of the molecule is CC(C)(C)OC(=O)CC1CCC(n2c(=O)c3cc(F)cnc3n(-c3cccc(-c4ccc(O)cc4CN4CCOCC4)c3)c2=O)CC1. The highest BCUT2D eigenvalue weighted by Crippen LogP contribution is 2.34. The van der Waals surface area contributed by atoms with E-state index in [1.165, 1.54) is 9.13 Å². The third-order valence-corrected chi connectivity index (χ3v) is 8.95. The van der Waals surface area contributed by atoms with Gasteiger partial charge in [0.15, 0.2) is 5.65 Å². The highest BCUT2D eigenvalue weighted by Gasteiger charge is 2.29. The fraction of sp³-hybridized carbons (Fsp3) is 0.444. The molecule has 248 valence electrons. The summed E-state index contributed by atoms with van der Waals surface area (Å²) in [4.78, 5) is 47.0. The third-order valence-electron chi connectivity index (χ3n) is 8.95. The van der Waals surface area contributed by atoms with Crippen LogP contribution in [0.25, 0.3) is 27.8 Å². The van der Waals surface area contributed by atoms with Crippen LogP contribution < -0.4 is 11.2 Å². The van der Waals surface area contributed by atoms with Crippen LogP contribution in [0.1, 0.15) is 64.5 Å². The van der Waals surface area contributed by atoms with Gasteiger partial charge in [0, 0.05) is 32.1 Å². The smallest absolute Gasteiger partial charge is 0.337 e. The van der Waals surface area contributed by atoms with Gasteiger partial charge in [-0.05, 0) is 99.4 Å². The number of phenols is 1. The number of benzene rings is 2. The van der Waals surface area contributed by atoms with Crippen LogP contribution in [-0.4, -0.2) is 62.0 Å². The van der Waals surface area contributed by atoms with Crippen molar-refractivity contribution in [1.29, 1.82) is 0 Å². The number of aromatic hydroxyl groups is 1. The Hall–Kier alpha value is -4.35. The molecule has 0 unspecified atom stereocenters. The number of hydrogen-bond acceptors (Lipinski definition) is 8. The van der Waals surface area contributed by atoms with Crippen molar-refractivity contribution in [2.45, 2.75) is 71.1 Å². The van der Waals surface area contributed by atoms with E-state index in [0.717, 1.165) is 42.0 Å². The number of ether oxygens (including phenoxy) is 2. The molecule has 1 aliphatic heterocycles. The maximum atomic E-state index is 14.5. The van der Waals surface area contributed by atoms with E-state index in [2.05, 4.69) is 9.88 Å². The average Bonchev–Trinajstić information content (AvgIpc) is 3.02. The van der Waals surface area contributed by atoms with Crippen molar-refractivity contribution in [3.63, 3.8) is 0 Å². The molecule has 1 aliphatic carbocycles. The first-order chi connectivity index (χ1) is 22.5. The monoisotopic (exact) mass is 644 g/mol. The lowest BCUT2D eigenvalue weighted by Crippen LogP contribution is -2.43. The normalized spacial score (nSPS) is 19.1. The first-order valence-corrected chi connectivity index (χ1v) is 16.2. The summed E-state index contributed by atoms with van der Waals surface area (Å²) in [5.41, 5.74) is 1.50. The second-order valence-corrected chi connectivity index (χ2v) is 13.6. The van der Waals surface area contributed by atoms with Crippen molar-refractivity contribution in [3.05, 3.63) is 86.9 Å². The number of fused-ring (bicyclic) bond motifs is 1. The molecule has 1 saturated heterocycles. The minimum absolute atomic E-state index is 0.0171. The number of phenolic OH excluding ortho intramolecular Hbond substituents is 1. The number of rotatable bonds is 7. The number of pyridine rings is 1. The van der Waals surface area contributed by atoms with E-state index >= 15 is 0 Å². The van der Waals surface area contributed by atoms with Gasteiger partial charge >= 0.3 is 11.7 Å². The Morgan fingerprint density at radius 2 is 1.79 bits per heavy atom. The van der Waals surface area contributed by atoms with Gasteiger partial charge in [-0.3, -0.25) is 19.1 Å². The lowest BCUT2D eigenvalue weighted by Gasteiger charge is -2.30. The molecule has 2 aromatic carbocycles. The van der Waals surface area contributed by atoms with Crippen LogP contribution in [-0.2, 0) is 20.8 Å². The first kappa shape index (κ1) is 32.6. The van der Waals surface area contributed by atoms with Gasteiger partial charge in [0.1, 0.15) is 17.2 Å². The van der Waals surface area contributed by atoms with Gasteiger partial charge in [-0.1, -0.05) is 18.2 Å². The summed E-state index contributed by atoms with van der Waals surface area (Å²) in [7, 11) is 0. The zero-order valence-electron chi connectivity index (χ0n) is 27.1. The average molecular weight is 645 g/mol. The van der Waals surface area contributed by atoms with Gasteiger partial charge < -0.3 is 14.6 Å². The van der Waals surface area contributed by atoms with Crippen LogP contribution in [0.4, 0.5) is 4.39 Å². The zero-order chi connectivity index (χ0) is 33.3. The second kappa shape index (κ2) is 13.4. The predicted molar refractivity (Wildman–Crippen MR) is 176 cm³/mol. The van der Waals surface area contributed by atoms with Gasteiger partial charge in [0.2, 0.25) is 0 Å². The molecule has 0 radical (unpaired) electrons. The highest BCUT2D eigenvalue weighted by molar-refractivity contribution is 5.77. The number of carbonyl (C=O) groups is 1. The van der Waals surface area contributed by atoms with Crippen molar-refractivity contribution in [2.24, 2.45) is 5.92 Å². The Balaban J connectivity index is 1.37. The van der Waals surface area contributed by atoms with E-state index in [-0.39, 0.29) is 35.1 Å². The van der Waals surface area contributed by atoms with Crippen LogP contribution in [0, 0.1) is 11.7 Å². The molecular weight excluding hydrogens is 603 g/mol. The van der Waals surface area contributed by atoms with Gasteiger partial charge in [-0.2, -0.15) is 0 Å². The summed E-state index contributed by atoms with van der Waals surface area (Å²) in [6.45, 7) is 8.97. The van der Waals surface area contributed by atoms with E-state index in [4.69, 9.17) is 9.47 Å². The van der Waals surface area contributed by atoms with Crippen LogP contribution in [0.15, 0.2) is 64.3 Å². The third kappa shape index (κ3) is 7.31. The maximum absolute atomic E-state index is 14.5. The topological polar surface area (TPSA) is 116 Å². The van der Waals surface area contributed by atoms with E-state index in [9.17, 15) is 23.9 Å².